The Kier molecular flexibility index (Phi) is 4.90. The van der Waals surface area contributed by atoms with Crippen molar-refractivity contribution in [3.63, 3.8) is 0 Å². The van der Waals surface area contributed by atoms with Crippen molar-refractivity contribution in [1.82, 2.24) is 0 Å². The van der Waals surface area contributed by atoms with E-state index >= 15 is 0 Å². The summed E-state index contributed by atoms with van der Waals surface area (Å²) in [5.41, 5.74) is 1.53. The van der Waals surface area contributed by atoms with E-state index in [0.717, 1.165) is 5.56 Å². The molecule has 0 aliphatic heterocycles. The van der Waals surface area contributed by atoms with Gasteiger partial charge in [-0.25, -0.2) is 0 Å². The summed E-state index contributed by atoms with van der Waals surface area (Å²) in [5.74, 6) is 0.645. The molecule has 1 N–H and O–H groups in total. The highest BCUT2D eigenvalue weighted by Crippen LogP contribution is 2.21. The summed E-state index contributed by atoms with van der Waals surface area (Å²) in [4.78, 5) is 10.5. The summed E-state index contributed by atoms with van der Waals surface area (Å²) in [6, 6.07) is 13.8. The van der Waals surface area contributed by atoms with Crippen molar-refractivity contribution >= 4 is 5.69 Å². The number of nitro benzene ring substituents is 1. The SMILES string of the molecule is C[C@H](O)c1cccc(OCCc2ccccc2[N+](=O)[O-])c1. The van der Waals surface area contributed by atoms with Gasteiger partial charge in [0.25, 0.3) is 5.69 Å². The molecule has 2 aromatic carbocycles. The van der Waals surface area contributed by atoms with Crippen LogP contribution in [0.1, 0.15) is 24.2 Å². The summed E-state index contributed by atoms with van der Waals surface area (Å²) in [6.07, 6.45) is -0.0976. The van der Waals surface area contributed by atoms with Crippen LogP contribution in [-0.4, -0.2) is 16.6 Å². The van der Waals surface area contributed by atoms with Crippen molar-refractivity contribution in [3.05, 3.63) is 69.8 Å². The molecule has 5 nitrogen and oxygen atoms in total. The van der Waals surface area contributed by atoms with E-state index in [2.05, 4.69) is 0 Å². The zero-order valence-electron chi connectivity index (χ0n) is 11.7. The summed E-state index contributed by atoms with van der Waals surface area (Å²) >= 11 is 0. The topological polar surface area (TPSA) is 72.6 Å². The van der Waals surface area contributed by atoms with Crippen LogP contribution in [0.15, 0.2) is 48.5 Å². The van der Waals surface area contributed by atoms with Gasteiger partial charge in [-0.05, 0) is 24.6 Å². The average molecular weight is 287 g/mol. The zero-order chi connectivity index (χ0) is 15.2. The number of rotatable bonds is 6. The van der Waals surface area contributed by atoms with E-state index in [0.29, 0.717) is 24.3 Å². The molecule has 0 heterocycles. The molecule has 0 amide bonds. The van der Waals surface area contributed by atoms with Crippen molar-refractivity contribution in [3.8, 4) is 5.75 Å². The smallest absolute Gasteiger partial charge is 0.272 e. The molecule has 5 heteroatoms. The van der Waals surface area contributed by atoms with Crippen molar-refractivity contribution in [2.24, 2.45) is 0 Å². The Bertz CT molecular complexity index is 625. The Morgan fingerprint density at radius 1 is 1.24 bits per heavy atom. The maximum Gasteiger partial charge on any atom is 0.272 e. The fraction of sp³-hybridized carbons (Fsp3) is 0.250. The molecule has 0 bridgehead atoms. The van der Waals surface area contributed by atoms with Crippen LogP contribution < -0.4 is 4.74 Å². The molecule has 0 spiro atoms. The van der Waals surface area contributed by atoms with E-state index in [1.54, 1.807) is 37.3 Å². The Labute approximate surface area is 123 Å². The minimum Gasteiger partial charge on any atom is -0.493 e. The van der Waals surface area contributed by atoms with Crippen LogP contribution in [0.25, 0.3) is 0 Å². The molecule has 1 atom stereocenters. The molecule has 21 heavy (non-hydrogen) atoms. The maximum atomic E-state index is 10.9. The summed E-state index contributed by atoms with van der Waals surface area (Å²) in [5, 5.41) is 20.4. The number of aliphatic hydroxyl groups is 1. The van der Waals surface area contributed by atoms with Gasteiger partial charge >= 0.3 is 0 Å². The first-order valence-corrected chi connectivity index (χ1v) is 6.71. The number of nitrogens with zero attached hydrogens (tertiary/aromatic N) is 1. The molecule has 0 unspecified atom stereocenters. The van der Waals surface area contributed by atoms with Gasteiger partial charge in [0.05, 0.1) is 17.6 Å². The highest BCUT2D eigenvalue weighted by molar-refractivity contribution is 5.40. The maximum absolute atomic E-state index is 10.9. The van der Waals surface area contributed by atoms with Crippen molar-refractivity contribution in [1.29, 1.82) is 0 Å². The second-order valence-electron chi connectivity index (χ2n) is 4.73. The molecular weight excluding hydrogens is 270 g/mol. The van der Waals surface area contributed by atoms with E-state index in [1.165, 1.54) is 6.07 Å². The van der Waals surface area contributed by atoms with Gasteiger partial charge < -0.3 is 9.84 Å². The summed E-state index contributed by atoms with van der Waals surface area (Å²) in [6.45, 7) is 2.03. The molecule has 0 radical (unpaired) electrons. The first-order valence-electron chi connectivity index (χ1n) is 6.71. The van der Waals surface area contributed by atoms with E-state index in [4.69, 9.17) is 4.74 Å². The standard InChI is InChI=1S/C16H17NO4/c1-12(18)14-6-4-7-15(11-14)21-10-9-13-5-2-3-8-16(13)17(19)20/h2-8,11-12,18H,9-10H2,1H3/t12-/m0/s1. The number of hydrogen-bond acceptors (Lipinski definition) is 4. The average Bonchev–Trinajstić information content (AvgIpc) is 2.48. The normalized spacial score (nSPS) is 11.9. The third kappa shape index (κ3) is 4.03. The minimum absolute atomic E-state index is 0.110. The lowest BCUT2D eigenvalue weighted by Crippen LogP contribution is -2.04. The highest BCUT2D eigenvalue weighted by atomic mass is 16.6. The van der Waals surface area contributed by atoms with E-state index in [1.807, 2.05) is 12.1 Å². The lowest BCUT2D eigenvalue weighted by molar-refractivity contribution is -0.385. The van der Waals surface area contributed by atoms with Gasteiger partial charge in [0.15, 0.2) is 0 Å². The first kappa shape index (κ1) is 15.0. The van der Waals surface area contributed by atoms with Gasteiger partial charge in [-0.1, -0.05) is 30.3 Å². The molecule has 0 aliphatic rings. The van der Waals surface area contributed by atoms with Crippen LogP contribution in [0.4, 0.5) is 5.69 Å². The predicted octanol–water partition coefficient (Wildman–Crippen LogP) is 3.27. The van der Waals surface area contributed by atoms with E-state index in [9.17, 15) is 15.2 Å². The molecule has 0 aliphatic carbocycles. The van der Waals surface area contributed by atoms with Crippen LogP contribution in [0.3, 0.4) is 0 Å². The second kappa shape index (κ2) is 6.85. The van der Waals surface area contributed by atoms with E-state index < -0.39 is 6.10 Å². The molecular formula is C16H17NO4. The quantitative estimate of drug-likeness (QED) is 0.653. The van der Waals surface area contributed by atoms with Crippen molar-refractivity contribution in [2.75, 3.05) is 6.61 Å². The number of benzene rings is 2. The number of aliphatic hydroxyl groups excluding tert-OH is 1. The molecule has 110 valence electrons. The zero-order valence-corrected chi connectivity index (χ0v) is 11.7. The number of para-hydroxylation sites is 1. The van der Waals surface area contributed by atoms with Crippen molar-refractivity contribution < 1.29 is 14.8 Å². The summed E-state index contributed by atoms with van der Waals surface area (Å²) < 4.78 is 5.60. The predicted molar refractivity (Wildman–Crippen MR) is 79.4 cm³/mol. The van der Waals surface area contributed by atoms with Gasteiger partial charge in [-0.2, -0.15) is 0 Å². The van der Waals surface area contributed by atoms with Gasteiger partial charge in [0, 0.05) is 18.1 Å². The molecule has 0 saturated heterocycles. The largest absolute Gasteiger partial charge is 0.493 e. The monoisotopic (exact) mass is 287 g/mol. The highest BCUT2D eigenvalue weighted by Gasteiger charge is 2.12. The van der Waals surface area contributed by atoms with Gasteiger partial charge in [-0.15, -0.1) is 0 Å². The van der Waals surface area contributed by atoms with Gasteiger partial charge in [0.2, 0.25) is 0 Å². The lowest BCUT2D eigenvalue weighted by atomic mass is 10.1. The lowest BCUT2D eigenvalue weighted by Gasteiger charge is -2.09. The Hall–Kier alpha value is -2.40. The Morgan fingerprint density at radius 2 is 2.00 bits per heavy atom. The number of nitro groups is 1. The first-order chi connectivity index (χ1) is 10.1. The third-order valence-corrected chi connectivity index (χ3v) is 3.17. The minimum atomic E-state index is -0.552. The number of hydrogen-bond donors (Lipinski definition) is 1. The van der Waals surface area contributed by atoms with Crippen molar-refractivity contribution in [2.45, 2.75) is 19.4 Å². The van der Waals surface area contributed by atoms with Gasteiger partial charge in [-0.3, -0.25) is 10.1 Å². The second-order valence-corrected chi connectivity index (χ2v) is 4.73. The van der Waals surface area contributed by atoms with Crippen LogP contribution >= 0.6 is 0 Å². The Balaban J connectivity index is 1.99. The van der Waals surface area contributed by atoms with Crippen LogP contribution in [0.5, 0.6) is 5.75 Å². The third-order valence-electron chi connectivity index (χ3n) is 3.17. The molecule has 2 aromatic rings. The van der Waals surface area contributed by atoms with Crippen LogP contribution in [0, 0.1) is 10.1 Å². The molecule has 2 rings (SSSR count). The molecule has 0 aromatic heterocycles. The fourth-order valence-corrected chi connectivity index (χ4v) is 2.04. The van der Waals surface area contributed by atoms with Gasteiger partial charge in [0.1, 0.15) is 5.75 Å². The Morgan fingerprint density at radius 3 is 2.71 bits per heavy atom. The van der Waals surface area contributed by atoms with E-state index in [-0.39, 0.29) is 10.6 Å². The molecule has 0 saturated carbocycles. The number of ether oxygens (including phenoxy) is 1. The van der Waals surface area contributed by atoms with Crippen LogP contribution in [0.2, 0.25) is 0 Å². The van der Waals surface area contributed by atoms with Crippen LogP contribution in [-0.2, 0) is 6.42 Å². The summed E-state index contributed by atoms with van der Waals surface area (Å²) in [7, 11) is 0. The fourth-order valence-electron chi connectivity index (χ4n) is 2.04. The molecule has 0 fully saturated rings.